The minimum absolute atomic E-state index is 0.0114. The zero-order valence-electron chi connectivity index (χ0n) is 15.0. The number of hydrogen-bond donors (Lipinski definition) is 1. The third-order valence-corrected chi connectivity index (χ3v) is 4.79. The maximum atomic E-state index is 12.6. The number of esters is 1. The van der Waals surface area contributed by atoms with Gasteiger partial charge in [-0.3, -0.25) is 15.0 Å². The Morgan fingerprint density at radius 2 is 1.79 bits per heavy atom. The molecule has 3 heterocycles. The Morgan fingerprint density at radius 3 is 2.62 bits per heavy atom. The van der Waals surface area contributed by atoms with Crippen LogP contribution in [0, 0.1) is 0 Å². The third kappa shape index (κ3) is 2.89. The second kappa shape index (κ2) is 6.49. The van der Waals surface area contributed by atoms with E-state index in [4.69, 9.17) is 9.15 Å². The highest BCUT2D eigenvalue weighted by Crippen LogP contribution is 2.29. The summed E-state index contributed by atoms with van der Waals surface area (Å²) in [4.78, 5) is 36.5. The van der Waals surface area contributed by atoms with Gasteiger partial charge in [-0.2, -0.15) is 0 Å². The van der Waals surface area contributed by atoms with Gasteiger partial charge >= 0.3 is 5.97 Å². The Labute approximate surface area is 165 Å². The highest BCUT2D eigenvalue weighted by Gasteiger charge is 2.34. The Morgan fingerprint density at radius 1 is 0.966 bits per heavy atom. The molecule has 0 unspecified atom stereocenters. The summed E-state index contributed by atoms with van der Waals surface area (Å²) >= 11 is 0. The number of rotatable bonds is 3. The van der Waals surface area contributed by atoms with E-state index in [1.54, 1.807) is 48.5 Å². The average Bonchev–Trinajstić information content (AvgIpc) is 3.43. The molecule has 1 fully saturated rings. The summed E-state index contributed by atoms with van der Waals surface area (Å²) in [5.74, 6) is -0.339. The highest BCUT2D eigenvalue weighted by molar-refractivity contribution is 6.31. The molecule has 0 radical (unpaired) electrons. The van der Waals surface area contributed by atoms with E-state index in [2.05, 4.69) is 5.43 Å². The minimum Gasteiger partial charge on any atom is -0.457 e. The van der Waals surface area contributed by atoms with Crippen molar-refractivity contribution in [2.24, 2.45) is 0 Å². The summed E-state index contributed by atoms with van der Waals surface area (Å²) in [6, 6.07) is 17.6. The van der Waals surface area contributed by atoms with Crippen LogP contribution in [0.4, 0.5) is 5.69 Å². The second-order valence-corrected chi connectivity index (χ2v) is 6.63. The molecule has 7 heteroatoms. The lowest BCUT2D eigenvalue weighted by Gasteiger charge is -2.13. The lowest BCUT2D eigenvalue weighted by Crippen LogP contribution is -2.35. The van der Waals surface area contributed by atoms with Crippen molar-refractivity contribution in [2.45, 2.75) is 6.61 Å². The van der Waals surface area contributed by atoms with Gasteiger partial charge in [-0.15, -0.1) is 0 Å². The quantitative estimate of drug-likeness (QED) is 0.425. The zero-order valence-corrected chi connectivity index (χ0v) is 15.0. The molecule has 2 aliphatic rings. The van der Waals surface area contributed by atoms with Crippen molar-refractivity contribution < 1.29 is 23.5 Å². The molecule has 7 nitrogen and oxygen atoms in total. The average molecular weight is 386 g/mol. The number of nitrogens with zero attached hydrogens (tertiary/aromatic N) is 1. The van der Waals surface area contributed by atoms with E-state index in [0.29, 0.717) is 22.8 Å². The first-order valence-corrected chi connectivity index (χ1v) is 8.92. The number of carbonyl (C=O) groups is 3. The lowest BCUT2D eigenvalue weighted by atomic mass is 10.0. The van der Waals surface area contributed by atoms with E-state index in [1.165, 1.54) is 11.1 Å². The number of amides is 2. The van der Waals surface area contributed by atoms with Gasteiger partial charge < -0.3 is 9.15 Å². The van der Waals surface area contributed by atoms with Gasteiger partial charge in [-0.25, -0.2) is 9.80 Å². The number of fused-ring (bicyclic) bond motifs is 1. The Hall–Kier alpha value is -4.13. The maximum Gasteiger partial charge on any atom is 0.338 e. The van der Waals surface area contributed by atoms with Gasteiger partial charge in [0.05, 0.1) is 11.3 Å². The van der Waals surface area contributed by atoms with Crippen LogP contribution in [0.5, 0.6) is 0 Å². The first-order chi connectivity index (χ1) is 14.1. The van der Waals surface area contributed by atoms with Crippen LogP contribution in [0.15, 0.2) is 70.7 Å². The molecule has 2 aromatic carbocycles. The third-order valence-electron chi connectivity index (χ3n) is 4.79. The largest absolute Gasteiger partial charge is 0.457 e. The van der Waals surface area contributed by atoms with E-state index in [-0.39, 0.29) is 18.1 Å². The van der Waals surface area contributed by atoms with Crippen molar-refractivity contribution in [2.75, 3.05) is 5.01 Å². The molecular formula is C22H14N2O5. The Kier molecular flexibility index (Phi) is 3.80. The molecule has 2 aliphatic heterocycles. The smallest absolute Gasteiger partial charge is 0.338 e. The molecule has 1 saturated heterocycles. The number of para-hydroxylation sites is 1. The number of benzene rings is 2. The molecule has 3 aromatic rings. The predicted octanol–water partition coefficient (Wildman–Crippen LogP) is 3.08. The lowest BCUT2D eigenvalue weighted by molar-refractivity contribution is -0.117. The van der Waals surface area contributed by atoms with E-state index in [9.17, 15) is 14.4 Å². The van der Waals surface area contributed by atoms with Crippen LogP contribution < -0.4 is 10.4 Å². The molecule has 1 aromatic heterocycles. The minimum atomic E-state index is -0.495. The van der Waals surface area contributed by atoms with Crippen LogP contribution in [0.25, 0.3) is 17.4 Å². The van der Waals surface area contributed by atoms with Gasteiger partial charge in [0.25, 0.3) is 11.8 Å². The first kappa shape index (κ1) is 17.0. The van der Waals surface area contributed by atoms with Crippen LogP contribution in [0.3, 0.4) is 0 Å². The van der Waals surface area contributed by atoms with Crippen molar-refractivity contribution in [1.29, 1.82) is 0 Å². The number of hydrogen-bond acceptors (Lipinski definition) is 5. The molecule has 0 spiro atoms. The van der Waals surface area contributed by atoms with Crippen LogP contribution >= 0.6 is 0 Å². The molecule has 1 N–H and O–H groups in total. The van der Waals surface area contributed by atoms with Crippen molar-refractivity contribution in [3.05, 3.63) is 83.1 Å². The summed E-state index contributed by atoms with van der Waals surface area (Å²) in [5, 5.41) is 1.20. The molecule has 5 rings (SSSR count). The van der Waals surface area contributed by atoms with Gasteiger partial charge in [0.15, 0.2) is 0 Å². The van der Waals surface area contributed by atoms with Crippen molar-refractivity contribution in [1.82, 2.24) is 5.43 Å². The van der Waals surface area contributed by atoms with Crippen molar-refractivity contribution >= 4 is 29.5 Å². The monoisotopic (exact) mass is 386 g/mol. The molecule has 0 bridgehead atoms. The summed E-state index contributed by atoms with van der Waals surface area (Å²) in [5.41, 5.74) is 5.24. The summed E-state index contributed by atoms with van der Waals surface area (Å²) in [6.45, 7) is 0.240. The molecule has 29 heavy (non-hydrogen) atoms. The van der Waals surface area contributed by atoms with Gasteiger partial charge in [-0.1, -0.05) is 24.3 Å². The SMILES string of the molecule is O=C1NN(c2ccccc2)C(=O)C1=Cc1ccc(-c2ccc3c(c2)COC3=O)o1. The second-order valence-electron chi connectivity index (χ2n) is 6.63. The first-order valence-electron chi connectivity index (χ1n) is 8.92. The van der Waals surface area contributed by atoms with E-state index in [0.717, 1.165) is 11.1 Å². The topological polar surface area (TPSA) is 88.9 Å². The summed E-state index contributed by atoms with van der Waals surface area (Å²) in [7, 11) is 0. The number of anilines is 1. The van der Waals surface area contributed by atoms with Crippen LogP contribution in [0.1, 0.15) is 21.7 Å². The van der Waals surface area contributed by atoms with Crippen LogP contribution in [0.2, 0.25) is 0 Å². The standard InChI is InChI=1S/C22H14N2O5/c25-20-18(21(26)24(23-20)15-4-2-1-3-5-15)11-16-7-9-19(29-16)13-6-8-17-14(10-13)12-28-22(17)27/h1-11H,12H2,(H,23,25). The Bertz CT molecular complexity index is 1190. The number of furan rings is 1. The maximum absolute atomic E-state index is 12.6. The molecular weight excluding hydrogens is 372 g/mol. The molecule has 0 saturated carbocycles. The van der Waals surface area contributed by atoms with E-state index >= 15 is 0 Å². The predicted molar refractivity (Wildman–Crippen MR) is 103 cm³/mol. The van der Waals surface area contributed by atoms with Gasteiger partial charge in [0.2, 0.25) is 0 Å². The number of cyclic esters (lactones) is 1. The summed E-state index contributed by atoms with van der Waals surface area (Å²) in [6.07, 6.45) is 1.42. The fourth-order valence-electron chi connectivity index (χ4n) is 3.33. The van der Waals surface area contributed by atoms with E-state index < -0.39 is 11.8 Å². The van der Waals surface area contributed by atoms with E-state index in [1.807, 2.05) is 12.1 Å². The molecule has 0 atom stereocenters. The Balaban J connectivity index is 1.42. The molecule has 142 valence electrons. The number of ether oxygens (including phenoxy) is 1. The fourth-order valence-corrected chi connectivity index (χ4v) is 3.33. The van der Waals surface area contributed by atoms with Crippen LogP contribution in [-0.2, 0) is 20.9 Å². The van der Waals surface area contributed by atoms with Crippen LogP contribution in [-0.4, -0.2) is 17.8 Å². The van der Waals surface area contributed by atoms with Crippen molar-refractivity contribution in [3.8, 4) is 11.3 Å². The van der Waals surface area contributed by atoms with Gasteiger partial charge in [0.1, 0.15) is 23.7 Å². The highest BCUT2D eigenvalue weighted by atomic mass is 16.5. The van der Waals surface area contributed by atoms with Crippen molar-refractivity contribution in [3.63, 3.8) is 0 Å². The number of carbonyl (C=O) groups excluding carboxylic acids is 3. The molecule has 2 amide bonds. The molecule has 0 aliphatic carbocycles. The number of hydrazine groups is 1. The summed E-state index contributed by atoms with van der Waals surface area (Å²) < 4.78 is 10.8. The fraction of sp³-hybridized carbons (Fsp3) is 0.0455. The zero-order chi connectivity index (χ0) is 20.0. The van der Waals surface area contributed by atoms with Gasteiger partial charge in [-0.05, 0) is 42.5 Å². The number of nitrogens with one attached hydrogen (secondary N) is 1. The normalized spacial score (nSPS) is 16.9. The van der Waals surface area contributed by atoms with Gasteiger partial charge in [0, 0.05) is 11.1 Å².